The Balaban J connectivity index is 2.96. The van der Waals surface area contributed by atoms with Crippen LogP contribution in [0.4, 0.5) is 0 Å². The molecule has 0 saturated heterocycles. The fraction of sp³-hybridized carbons (Fsp3) is 0.667. The number of nitrogens with two attached hydrogens (primary N) is 1. The summed E-state index contributed by atoms with van der Waals surface area (Å²) < 4.78 is 1.14. The zero-order valence-corrected chi connectivity index (χ0v) is 10.6. The minimum Gasteiger partial charge on any atom is -0.330 e. The van der Waals surface area contributed by atoms with Crippen LogP contribution in [-0.2, 0) is 11.8 Å². The molecule has 0 unspecified atom stereocenters. The van der Waals surface area contributed by atoms with E-state index >= 15 is 0 Å². The van der Waals surface area contributed by atoms with Crippen molar-refractivity contribution in [2.45, 2.75) is 32.6 Å². The second-order valence-corrected chi connectivity index (χ2v) is 6.42. The van der Waals surface area contributed by atoms with Crippen molar-refractivity contribution in [3.8, 4) is 0 Å². The monoisotopic (exact) mass is 262 g/mol. The van der Waals surface area contributed by atoms with E-state index in [0.717, 1.165) is 20.9 Å². The quantitative estimate of drug-likeness (QED) is 0.891. The van der Waals surface area contributed by atoms with Crippen molar-refractivity contribution in [3.05, 3.63) is 14.5 Å². The Kier molecular flexibility index (Phi) is 3.49. The van der Waals surface area contributed by atoms with Gasteiger partial charge >= 0.3 is 0 Å². The van der Waals surface area contributed by atoms with E-state index in [0.29, 0.717) is 6.54 Å². The molecular formula is C9H15BrN2S. The summed E-state index contributed by atoms with van der Waals surface area (Å²) in [6, 6.07) is 0. The van der Waals surface area contributed by atoms with Crippen LogP contribution < -0.4 is 5.73 Å². The summed E-state index contributed by atoms with van der Waals surface area (Å²) in [6.45, 7) is 7.17. The van der Waals surface area contributed by atoms with Gasteiger partial charge in [-0.3, -0.25) is 0 Å². The van der Waals surface area contributed by atoms with E-state index < -0.39 is 0 Å². The number of hydrogen-bond donors (Lipinski definition) is 1. The lowest BCUT2D eigenvalue weighted by molar-refractivity contribution is 0.568. The van der Waals surface area contributed by atoms with Crippen molar-refractivity contribution in [2.24, 2.45) is 5.73 Å². The van der Waals surface area contributed by atoms with Gasteiger partial charge in [0.1, 0.15) is 0 Å². The predicted molar refractivity (Wildman–Crippen MR) is 61.3 cm³/mol. The van der Waals surface area contributed by atoms with Crippen LogP contribution in [0.3, 0.4) is 0 Å². The standard InChI is InChI=1S/C9H15BrN2S/c1-9(2,3)7-8(10)13-6(12-7)4-5-11/h4-5,11H2,1-3H3. The third-order valence-corrected chi connectivity index (χ3v) is 3.46. The van der Waals surface area contributed by atoms with Crippen molar-refractivity contribution in [1.82, 2.24) is 4.98 Å². The molecule has 4 heteroatoms. The molecule has 0 aliphatic carbocycles. The van der Waals surface area contributed by atoms with Gasteiger partial charge in [0.05, 0.1) is 14.5 Å². The first-order valence-electron chi connectivity index (χ1n) is 4.31. The van der Waals surface area contributed by atoms with Crippen molar-refractivity contribution < 1.29 is 0 Å². The second kappa shape index (κ2) is 4.07. The molecule has 1 rings (SSSR count). The zero-order valence-electron chi connectivity index (χ0n) is 8.22. The molecule has 0 fully saturated rings. The molecule has 2 nitrogen and oxygen atoms in total. The average molecular weight is 263 g/mol. The van der Waals surface area contributed by atoms with Crippen molar-refractivity contribution in [1.29, 1.82) is 0 Å². The van der Waals surface area contributed by atoms with Gasteiger partial charge in [0, 0.05) is 11.8 Å². The van der Waals surface area contributed by atoms with Crippen LogP contribution >= 0.6 is 27.3 Å². The third-order valence-electron chi connectivity index (χ3n) is 1.70. The average Bonchev–Trinajstić information content (AvgIpc) is 2.30. The Morgan fingerprint density at radius 1 is 1.46 bits per heavy atom. The Labute approximate surface area is 91.7 Å². The summed E-state index contributed by atoms with van der Waals surface area (Å²) in [5.41, 5.74) is 6.73. The number of nitrogens with zero attached hydrogens (tertiary/aromatic N) is 1. The first-order chi connectivity index (χ1) is 5.95. The van der Waals surface area contributed by atoms with Crippen LogP contribution in [0.5, 0.6) is 0 Å². The lowest BCUT2D eigenvalue weighted by atomic mass is 9.93. The highest BCUT2D eigenvalue weighted by Crippen LogP contribution is 2.33. The Hall–Kier alpha value is 0.0700. The fourth-order valence-corrected chi connectivity index (χ4v) is 3.29. The number of hydrogen-bond acceptors (Lipinski definition) is 3. The van der Waals surface area contributed by atoms with Gasteiger partial charge in [0.2, 0.25) is 0 Å². The lowest BCUT2D eigenvalue weighted by Gasteiger charge is -2.15. The SMILES string of the molecule is CC(C)(C)c1nc(CCN)sc1Br. The number of aromatic nitrogens is 1. The van der Waals surface area contributed by atoms with Gasteiger partial charge in [-0.1, -0.05) is 20.8 Å². The minimum atomic E-state index is 0.113. The Morgan fingerprint density at radius 3 is 2.46 bits per heavy atom. The molecule has 0 spiro atoms. The molecule has 0 aliphatic rings. The summed E-state index contributed by atoms with van der Waals surface area (Å²) in [5.74, 6) is 0. The Bertz CT molecular complexity index is 288. The van der Waals surface area contributed by atoms with Crippen molar-refractivity contribution in [2.75, 3.05) is 6.54 Å². The summed E-state index contributed by atoms with van der Waals surface area (Å²) in [5, 5.41) is 1.12. The molecular weight excluding hydrogens is 248 g/mol. The first-order valence-corrected chi connectivity index (χ1v) is 5.92. The maximum atomic E-state index is 5.48. The van der Waals surface area contributed by atoms with Crippen LogP contribution in [0.25, 0.3) is 0 Å². The summed E-state index contributed by atoms with van der Waals surface area (Å²) >= 11 is 5.23. The van der Waals surface area contributed by atoms with Gasteiger partial charge in [-0.05, 0) is 22.5 Å². The molecule has 0 saturated carbocycles. The normalized spacial score (nSPS) is 12.1. The van der Waals surface area contributed by atoms with E-state index in [4.69, 9.17) is 5.73 Å². The Morgan fingerprint density at radius 2 is 2.08 bits per heavy atom. The molecule has 13 heavy (non-hydrogen) atoms. The van der Waals surface area contributed by atoms with Gasteiger partial charge in [-0.2, -0.15) is 0 Å². The maximum Gasteiger partial charge on any atom is 0.0953 e. The molecule has 0 bridgehead atoms. The van der Waals surface area contributed by atoms with Crippen LogP contribution in [0, 0.1) is 0 Å². The lowest BCUT2D eigenvalue weighted by Crippen LogP contribution is -2.12. The van der Waals surface area contributed by atoms with Gasteiger partial charge in [-0.15, -0.1) is 11.3 Å². The summed E-state index contributed by atoms with van der Waals surface area (Å²) in [6.07, 6.45) is 0.874. The summed E-state index contributed by atoms with van der Waals surface area (Å²) in [7, 11) is 0. The molecule has 0 aliphatic heterocycles. The second-order valence-electron chi connectivity index (χ2n) is 4.02. The van der Waals surface area contributed by atoms with Crippen molar-refractivity contribution >= 4 is 27.3 Å². The first kappa shape index (κ1) is 11.1. The molecule has 2 N–H and O–H groups in total. The number of halogens is 1. The topological polar surface area (TPSA) is 38.9 Å². The van der Waals surface area contributed by atoms with E-state index in [1.165, 1.54) is 0 Å². The van der Waals surface area contributed by atoms with Gasteiger partial charge in [0.25, 0.3) is 0 Å². The molecule has 0 atom stereocenters. The van der Waals surface area contributed by atoms with E-state index in [-0.39, 0.29) is 5.41 Å². The van der Waals surface area contributed by atoms with Gasteiger partial charge in [-0.25, -0.2) is 4.98 Å². The minimum absolute atomic E-state index is 0.113. The van der Waals surface area contributed by atoms with Crippen LogP contribution in [0.15, 0.2) is 3.79 Å². The number of thiazole rings is 1. The molecule has 0 radical (unpaired) electrons. The molecule has 1 aromatic rings. The fourth-order valence-electron chi connectivity index (χ4n) is 1.04. The van der Waals surface area contributed by atoms with Gasteiger partial charge < -0.3 is 5.73 Å². The molecule has 74 valence electrons. The molecule has 1 aromatic heterocycles. The van der Waals surface area contributed by atoms with Crippen LogP contribution in [0.1, 0.15) is 31.5 Å². The molecule has 0 amide bonds. The summed E-state index contributed by atoms with van der Waals surface area (Å²) in [4.78, 5) is 4.56. The zero-order chi connectivity index (χ0) is 10.1. The van der Waals surface area contributed by atoms with E-state index in [1.807, 2.05) is 0 Å². The highest BCUT2D eigenvalue weighted by atomic mass is 79.9. The smallest absolute Gasteiger partial charge is 0.0953 e. The van der Waals surface area contributed by atoms with Crippen molar-refractivity contribution in [3.63, 3.8) is 0 Å². The van der Waals surface area contributed by atoms with Crippen LogP contribution in [0.2, 0.25) is 0 Å². The maximum absolute atomic E-state index is 5.48. The van der Waals surface area contributed by atoms with E-state index in [1.54, 1.807) is 11.3 Å². The predicted octanol–water partition coefficient (Wildman–Crippen LogP) is 2.70. The molecule has 0 aromatic carbocycles. The highest BCUT2D eigenvalue weighted by molar-refractivity contribution is 9.11. The molecule has 1 heterocycles. The highest BCUT2D eigenvalue weighted by Gasteiger charge is 2.21. The number of rotatable bonds is 2. The van der Waals surface area contributed by atoms with Crippen LogP contribution in [-0.4, -0.2) is 11.5 Å². The largest absolute Gasteiger partial charge is 0.330 e. The van der Waals surface area contributed by atoms with E-state index in [2.05, 4.69) is 41.7 Å². The van der Waals surface area contributed by atoms with E-state index in [9.17, 15) is 0 Å². The third kappa shape index (κ3) is 2.76. The van der Waals surface area contributed by atoms with Gasteiger partial charge in [0.15, 0.2) is 0 Å².